The van der Waals surface area contributed by atoms with E-state index in [0.29, 0.717) is 0 Å². The highest BCUT2D eigenvalue weighted by molar-refractivity contribution is 7.05. The van der Waals surface area contributed by atoms with Gasteiger partial charge in [-0.3, -0.25) is 0 Å². The molecule has 1 saturated heterocycles. The van der Waals surface area contributed by atoms with Gasteiger partial charge in [0, 0.05) is 0 Å². The Bertz CT molecular complexity index is 976. The number of rotatable bonds is 3. The van der Waals surface area contributed by atoms with Crippen LogP contribution in [0.25, 0.3) is 0 Å². The van der Waals surface area contributed by atoms with E-state index in [1.807, 2.05) is 30.3 Å². The summed E-state index contributed by atoms with van der Waals surface area (Å²) in [4.78, 5) is 0. The molecule has 1 atom stereocenters. The lowest BCUT2D eigenvalue weighted by atomic mass is 10.4. The summed E-state index contributed by atoms with van der Waals surface area (Å²) in [7, 11) is -11.1. The molecule has 1 unspecified atom stereocenters. The minimum absolute atomic E-state index is 1.07. The first-order valence-corrected chi connectivity index (χ1v) is 20.4. The first-order chi connectivity index (χ1) is 14.6. The Morgan fingerprint density at radius 1 is 0.419 bits per heavy atom. The zero-order chi connectivity index (χ0) is 22.2. The van der Waals surface area contributed by atoms with E-state index in [1.54, 1.807) is 0 Å². The fourth-order valence-electron chi connectivity index (χ4n) is 4.34. The SMILES string of the molecule is C[Si]1(C)O[Si](C)(C)O[Si](c2ccccc2)(c2ccccc2)O[Si](C)(c2ccccc2)O1. The van der Waals surface area contributed by atoms with Crippen LogP contribution in [0.5, 0.6) is 0 Å². The van der Waals surface area contributed by atoms with Crippen LogP contribution in [0.1, 0.15) is 0 Å². The largest absolute Gasteiger partial charge is 0.416 e. The molecule has 162 valence electrons. The van der Waals surface area contributed by atoms with Gasteiger partial charge in [-0.25, -0.2) is 0 Å². The van der Waals surface area contributed by atoms with Crippen molar-refractivity contribution in [1.29, 1.82) is 0 Å². The Kier molecular flexibility index (Phi) is 6.09. The van der Waals surface area contributed by atoms with E-state index in [9.17, 15) is 0 Å². The molecule has 8 heteroatoms. The molecule has 0 bridgehead atoms. The third kappa shape index (κ3) is 4.76. The van der Waals surface area contributed by atoms with Gasteiger partial charge in [0.2, 0.25) is 0 Å². The van der Waals surface area contributed by atoms with Crippen molar-refractivity contribution in [2.45, 2.75) is 32.7 Å². The Balaban J connectivity index is 1.97. The van der Waals surface area contributed by atoms with E-state index in [-0.39, 0.29) is 0 Å². The highest BCUT2D eigenvalue weighted by Gasteiger charge is 2.58. The third-order valence-electron chi connectivity index (χ3n) is 5.27. The molecular formula is C23H30O4Si4. The lowest BCUT2D eigenvalue weighted by Gasteiger charge is -2.49. The quantitative estimate of drug-likeness (QED) is 0.534. The van der Waals surface area contributed by atoms with Crippen LogP contribution in [-0.4, -0.2) is 34.2 Å². The molecule has 0 aromatic heterocycles. The lowest BCUT2D eigenvalue weighted by Crippen LogP contribution is -2.77. The van der Waals surface area contributed by atoms with E-state index < -0.39 is 34.2 Å². The van der Waals surface area contributed by atoms with Crippen LogP contribution in [0.4, 0.5) is 0 Å². The molecule has 0 amide bonds. The standard InChI is InChI=1S/C23H30O4Si4/c1-28(2)24-29(3,4)26-31(22-17-11-7-12-18-22,23-19-13-8-14-20-23)27-30(5,25-28)21-15-9-6-10-16-21/h6-20H,1-5H3. The van der Waals surface area contributed by atoms with Crippen LogP contribution in [-0.2, 0) is 16.5 Å². The smallest absolute Gasteiger partial charge is 0.389 e. The molecule has 0 N–H and O–H groups in total. The molecule has 1 heterocycles. The Labute approximate surface area is 189 Å². The van der Waals surface area contributed by atoms with Crippen LogP contribution < -0.4 is 15.6 Å². The van der Waals surface area contributed by atoms with E-state index >= 15 is 0 Å². The fourth-order valence-corrected chi connectivity index (χ4v) is 25.2. The van der Waals surface area contributed by atoms with Crippen LogP contribution in [0.3, 0.4) is 0 Å². The highest BCUT2D eigenvalue weighted by Crippen LogP contribution is 2.30. The molecule has 0 radical (unpaired) electrons. The molecule has 4 nitrogen and oxygen atoms in total. The number of benzene rings is 3. The van der Waals surface area contributed by atoms with Gasteiger partial charge >= 0.3 is 34.2 Å². The molecule has 1 fully saturated rings. The molecule has 0 spiro atoms. The summed E-state index contributed by atoms with van der Waals surface area (Å²) in [6.45, 7) is 10.5. The molecule has 31 heavy (non-hydrogen) atoms. The van der Waals surface area contributed by atoms with Gasteiger partial charge in [0.15, 0.2) is 0 Å². The second-order valence-corrected chi connectivity index (χ2v) is 22.6. The second-order valence-electron chi connectivity index (χ2n) is 8.87. The van der Waals surface area contributed by atoms with Gasteiger partial charge in [-0.15, -0.1) is 0 Å². The molecular weight excluding hydrogens is 453 g/mol. The van der Waals surface area contributed by atoms with Crippen LogP contribution in [0, 0.1) is 0 Å². The van der Waals surface area contributed by atoms with Crippen molar-refractivity contribution in [2.75, 3.05) is 0 Å². The summed E-state index contributed by atoms with van der Waals surface area (Å²) >= 11 is 0. The normalized spacial score (nSPS) is 24.7. The van der Waals surface area contributed by atoms with Crippen molar-refractivity contribution in [3.8, 4) is 0 Å². The van der Waals surface area contributed by atoms with Crippen LogP contribution in [0.2, 0.25) is 32.7 Å². The Morgan fingerprint density at radius 3 is 1.26 bits per heavy atom. The topological polar surface area (TPSA) is 36.9 Å². The van der Waals surface area contributed by atoms with E-state index in [1.165, 1.54) is 0 Å². The zero-order valence-corrected chi connectivity index (χ0v) is 22.8. The van der Waals surface area contributed by atoms with Gasteiger partial charge in [0.05, 0.1) is 0 Å². The maximum atomic E-state index is 7.32. The maximum Gasteiger partial charge on any atom is 0.389 e. The molecule has 3 aromatic rings. The van der Waals surface area contributed by atoms with Crippen molar-refractivity contribution in [3.63, 3.8) is 0 Å². The average molecular weight is 483 g/mol. The summed E-state index contributed by atoms with van der Waals surface area (Å²) < 4.78 is 28.0. The summed E-state index contributed by atoms with van der Waals surface area (Å²) in [5.74, 6) is 0. The highest BCUT2D eigenvalue weighted by atomic mass is 28.5. The van der Waals surface area contributed by atoms with Gasteiger partial charge in [-0.2, -0.15) is 0 Å². The first-order valence-electron chi connectivity index (χ1n) is 10.6. The molecule has 3 aromatic carbocycles. The van der Waals surface area contributed by atoms with Crippen LogP contribution in [0.15, 0.2) is 91.0 Å². The van der Waals surface area contributed by atoms with Crippen molar-refractivity contribution >= 4 is 49.8 Å². The van der Waals surface area contributed by atoms with Gasteiger partial charge in [0.1, 0.15) is 0 Å². The molecule has 0 saturated carbocycles. The minimum atomic E-state index is -3.14. The molecule has 1 aliphatic heterocycles. The fraction of sp³-hybridized carbons (Fsp3) is 0.217. The Hall–Kier alpha value is -1.63. The van der Waals surface area contributed by atoms with Gasteiger partial charge in [-0.05, 0) is 48.3 Å². The van der Waals surface area contributed by atoms with E-state index in [2.05, 4.69) is 93.4 Å². The van der Waals surface area contributed by atoms with Gasteiger partial charge in [0.25, 0.3) is 0 Å². The van der Waals surface area contributed by atoms with Crippen molar-refractivity contribution in [2.24, 2.45) is 0 Å². The van der Waals surface area contributed by atoms with E-state index in [4.69, 9.17) is 16.5 Å². The monoisotopic (exact) mass is 482 g/mol. The van der Waals surface area contributed by atoms with Crippen molar-refractivity contribution in [1.82, 2.24) is 0 Å². The predicted molar refractivity (Wildman–Crippen MR) is 135 cm³/mol. The second kappa shape index (κ2) is 8.38. The maximum absolute atomic E-state index is 7.32. The molecule has 0 aliphatic carbocycles. The predicted octanol–water partition coefficient (Wildman–Crippen LogP) is 3.71. The van der Waals surface area contributed by atoms with Crippen molar-refractivity contribution < 1.29 is 16.5 Å². The molecule has 1 aliphatic rings. The summed E-state index contributed by atoms with van der Waals surface area (Å²) in [6.07, 6.45) is 0. The Morgan fingerprint density at radius 2 is 0.806 bits per heavy atom. The first kappa shape index (κ1) is 22.6. The zero-order valence-electron chi connectivity index (χ0n) is 18.8. The summed E-state index contributed by atoms with van der Waals surface area (Å²) in [6, 6.07) is 31.1. The number of hydrogen-bond donors (Lipinski definition) is 0. The van der Waals surface area contributed by atoms with Gasteiger partial charge < -0.3 is 16.5 Å². The van der Waals surface area contributed by atoms with E-state index in [0.717, 1.165) is 15.6 Å². The lowest BCUT2D eigenvalue weighted by molar-refractivity contribution is 0.249. The summed E-state index contributed by atoms with van der Waals surface area (Å²) in [5, 5.41) is 3.24. The third-order valence-corrected chi connectivity index (χ3v) is 22.1. The molecule has 4 rings (SSSR count). The van der Waals surface area contributed by atoms with Gasteiger partial charge in [-0.1, -0.05) is 91.0 Å². The van der Waals surface area contributed by atoms with Crippen molar-refractivity contribution in [3.05, 3.63) is 91.0 Å². The number of hydrogen-bond acceptors (Lipinski definition) is 4. The average Bonchev–Trinajstić information content (AvgIpc) is 2.73. The minimum Gasteiger partial charge on any atom is -0.416 e. The summed E-state index contributed by atoms with van der Waals surface area (Å²) in [5.41, 5.74) is 0. The van der Waals surface area contributed by atoms with Crippen LogP contribution >= 0.6 is 0 Å².